The van der Waals surface area contributed by atoms with Gasteiger partial charge in [-0.1, -0.05) is 26.8 Å². The quantitative estimate of drug-likeness (QED) is 0.706. The van der Waals surface area contributed by atoms with E-state index in [9.17, 15) is 0 Å². The van der Waals surface area contributed by atoms with Crippen LogP contribution in [-0.2, 0) is 4.74 Å². The first-order chi connectivity index (χ1) is 9.60. The third-order valence-electron chi connectivity index (χ3n) is 3.00. The van der Waals surface area contributed by atoms with Gasteiger partial charge in [0.2, 0.25) is 0 Å². The molecule has 0 saturated heterocycles. The average molecular weight is 280 g/mol. The van der Waals surface area contributed by atoms with Gasteiger partial charge in [0.15, 0.2) is 0 Å². The molecule has 1 aromatic rings. The zero-order valence-electron chi connectivity index (χ0n) is 13.2. The minimum atomic E-state index is 0.562. The molecule has 0 heterocycles. The molecule has 114 valence electrons. The molecule has 1 rings (SSSR count). The molecule has 20 heavy (non-hydrogen) atoms. The Morgan fingerprint density at radius 3 is 2.60 bits per heavy atom. The molecule has 4 heteroatoms. The molecule has 0 aliphatic rings. The summed E-state index contributed by atoms with van der Waals surface area (Å²) in [4.78, 5) is 2.27. The van der Waals surface area contributed by atoms with Crippen LogP contribution in [0.25, 0.3) is 0 Å². The van der Waals surface area contributed by atoms with E-state index in [1.165, 1.54) is 0 Å². The summed E-state index contributed by atoms with van der Waals surface area (Å²) in [5, 5.41) is 0. The van der Waals surface area contributed by atoms with Crippen molar-refractivity contribution in [2.45, 2.75) is 27.2 Å². The maximum absolute atomic E-state index is 6.26. The number of nitrogen functional groups attached to an aromatic ring is 1. The SMILES string of the molecule is CCCOc1cccc(N(CCOC)CC(C)C)c1N. The zero-order chi connectivity index (χ0) is 15.0. The van der Waals surface area contributed by atoms with Crippen LogP contribution in [-0.4, -0.2) is 33.4 Å². The van der Waals surface area contributed by atoms with Crippen LogP contribution in [0, 0.1) is 5.92 Å². The third kappa shape index (κ3) is 4.93. The van der Waals surface area contributed by atoms with E-state index in [0.717, 1.165) is 36.6 Å². The maximum atomic E-state index is 6.26. The molecule has 0 fully saturated rings. The molecular formula is C16H28N2O2. The Kier molecular flexibility index (Phi) is 7.23. The van der Waals surface area contributed by atoms with Gasteiger partial charge in [0.05, 0.1) is 24.6 Å². The lowest BCUT2D eigenvalue weighted by atomic mass is 10.1. The molecule has 0 saturated carbocycles. The Balaban J connectivity index is 2.93. The smallest absolute Gasteiger partial charge is 0.144 e. The van der Waals surface area contributed by atoms with Crippen molar-refractivity contribution in [3.63, 3.8) is 0 Å². The first-order valence-electron chi connectivity index (χ1n) is 7.35. The molecular weight excluding hydrogens is 252 g/mol. The Morgan fingerprint density at radius 1 is 1.25 bits per heavy atom. The summed E-state index contributed by atoms with van der Waals surface area (Å²) >= 11 is 0. The minimum Gasteiger partial charge on any atom is -0.491 e. The highest BCUT2D eigenvalue weighted by atomic mass is 16.5. The molecule has 0 aromatic heterocycles. The molecule has 0 spiro atoms. The van der Waals surface area contributed by atoms with Gasteiger partial charge in [-0.2, -0.15) is 0 Å². The van der Waals surface area contributed by atoms with E-state index in [1.807, 2.05) is 18.2 Å². The van der Waals surface area contributed by atoms with E-state index in [4.69, 9.17) is 15.2 Å². The number of methoxy groups -OCH3 is 1. The second-order valence-electron chi connectivity index (χ2n) is 5.37. The second kappa shape index (κ2) is 8.69. The number of rotatable bonds is 9. The Morgan fingerprint density at radius 2 is 2.00 bits per heavy atom. The molecule has 0 bridgehead atoms. The Bertz CT molecular complexity index is 394. The zero-order valence-corrected chi connectivity index (χ0v) is 13.2. The summed E-state index contributed by atoms with van der Waals surface area (Å²) in [6.45, 7) is 9.65. The van der Waals surface area contributed by atoms with Gasteiger partial charge in [0.1, 0.15) is 5.75 Å². The molecule has 0 amide bonds. The van der Waals surface area contributed by atoms with Crippen molar-refractivity contribution in [2.24, 2.45) is 5.92 Å². The van der Waals surface area contributed by atoms with Crippen LogP contribution in [0.15, 0.2) is 18.2 Å². The van der Waals surface area contributed by atoms with Crippen LogP contribution in [0.2, 0.25) is 0 Å². The number of hydrogen-bond donors (Lipinski definition) is 1. The van der Waals surface area contributed by atoms with Gasteiger partial charge in [-0.05, 0) is 24.5 Å². The van der Waals surface area contributed by atoms with Crippen LogP contribution in [0.3, 0.4) is 0 Å². The molecule has 0 radical (unpaired) electrons. The van der Waals surface area contributed by atoms with Crippen molar-refractivity contribution in [3.05, 3.63) is 18.2 Å². The lowest BCUT2D eigenvalue weighted by molar-refractivity contribution is 0.204. The average Bonchev–Trinajstić information content (AvgIpc) is 2.42. The largest absolute Gasteiger partial charge is 0.491 e. The van der Waals surface area contributed by atoms with Gasteiger partial charge in [-0.15, -0.1) is 0 Å². The van der Waals surface area contributed by atoms with Gasteiger partial charge in [-0.3, -0.25) is 0 Å². The fourth-order valence-corrected chi connectivity index (χ4v) is 2.10. The lowest BCUT2D eigenvalue weighted by Gasteiger charge is -2.28. The van der Waals surface area contributed by atoms with Gasteiger partial charge in [0.25, 0.3) is 0 Å². The highest BCUT2D eigenvalue weighted by molar-refractivity contribution is 5.74. The van der Waals surface area contributed by atoms with E-state index in [2.05, 4.69) is 25.7 Å². The van der Waals surface area contributed by atoms with Crippen LogP contribution in [0.1, 0.15) is 27.2 Å². The van der Waals surface area contributed by atoms with Crippen LogP contribution < -0.4 is 15.4 Å². The summed E-state index contributed by atoms with van der Waals surface area (Å²) < 4.78 is 10.9. The fraction of sp³-hybridized carbons (Fsp3) is 0.625. The first kappa shape index (κ1) is 16.6. The summed E-state index contributed by atoms with van der Waals surface area (Å²) in [5.74, 6) is 1.34. The molecule has 0 aliphatic carbocycles. The van der Waals surface area contributed by atoms with E-state index in [0.29, 0.717) is 19.1 Å². The number of hydrogen-bond acceptors (Lipinski definition) is 4. The monoisotopic (exact) mass is 280 g/mol. The molecule has 0 unspecified atom stereocenters. The molecule has 0 atom stereocenters. The van der Waals surface area contributed by atoms with Crippen molar-refractivity contribution in [1.29, 1.82) is 0 Å². The number of nitrogens with zero attached hydrogens (tertiary/aromatic N) is 1. The first-order valence-corrected chi connectivity index (χ1v) is 7.35. The number of anilines is 2. The third-order valence-corrected chi connectivity index (χ3v) is 3.00. The summed E-state index contributed by atoms with van der Waals surface area (Å²) in [5.41, 5.74) is 8.02. The number of nitrogens with two attached hydrogens (primary N) is 1. The molecule has 2 N–H and O–H groups in total. The number of para-hydroxylation sites is 1. The number of benzene rings is 1. The van der Waals surface area contributed by atoms with E-state index in [1.54, 1.807) is 7.11 Å². The predicted molar refractivity (Wildman–Crippen MR) is 85.6 cm³/mol. The minimum absolute atomic E-state index is 0.562. The van der Waals surface area contributed by atoms with Gasteiger partial charge >= 0.3 is 0 Å². The van der Waals surface area contributed by atoms with Gasteiger partial charge in [0, 0.05) is 20.2 Å². The lowest BCUT2D eigenvalue weighted by Crippen LogP contribution is -2.31. The van der Waals surface area contributed by atoms with Crippen LogP contribution in [0.4, 0.5) is 11.4 Å². The van der Waals surface area contributed by atoms with Crippen molar-refractivity contribution in [3.8, 4) is 5.75 Å². The van der Waals surface area contributed by atoms with Crippen LogP contribution in [0.5, 0.6) is 5.75 Å². The summed E-state index contributed by atoms with van der Waals surface area (Å²) in [6.07, 6.45) is 0.975. The van der Waals surface area contributed by atoms with E-state index in [-0.39, 0.29) is 0 Å². The molecule has 4 nitrogen and oxygen atoms in total. The molecule has 0 aliphatic heterocycles. The predicted octanol–water partition coefficient (Wildman–Crippen LogP) is 3.17. The van der Waals surface area contributed by atoms with Gasteiger partial charge in [-0.25, -0.2) is 0 Å². The standard InChI is InChI=1S/C16H28N2O2/c1-5-10-20-15-8-6-7-14(16(15)17)18(9-11-19-4)12-13(2)3/h6-8,13H,5,9-12,17H2,1-4H3. The number of ether oxygens (including phenoxy) is 2. The highest BCUT2D eigenvalue weighted by Gasteiger charge is 2.14. The summed E-state index contributed by atoms with van der Waals surface area (Å²) in [6, 6.07) is 5.97. The van der Waals surface area contributed by atoms with E-state index >= 15 is 0 Å². The highest BCUT2D eigenvalue weighted by Crippen LogP contribution is 2.32. The van der Waals surface area contributed by atoms with Crippen molar-refractivity contribution in [1.82, 2.24) is 0 Å². The van der Waals surface area contributed by atoms with Gasteiger partial charge < -0.3 is 20.1 Å². The van der Waals surface area contributed by atoms with Crippen LogP contribution >= 0.6 is 0 Å². The normalized spacial score (nSPS) is 10.8. The van der Waals surface area contributed by atoms with Crippen molar-refractivity contribution < 1.29 is 9.47 Å². The fourth-order valence-electron chi connectivity index (χ4n) is 2.10. The second-order valence-corrected chi connectivity index (χ2v) is 5.37. The topological polar surface area (TPSA) is 47.7 Å². The Hall–Kier alpha value is -1.42. The maximum Gasteiger partial charge on any atom is 0.144 e. The summed E-state index contributed by atoms with van der Waals surface area (Å²) in [7, 11) is 1.72. The van der Waals surface area contributed by atoms with E-state index < -0.39 is 0 Å². The molecule has 1 aromatic carbocycles. The Labute approximate surface area is 122 Å². The van der Waals surface area contributed by atoms with Crippen molar-refractivity contribution in [2.75, 3.05) is 44.0 Å². The van der Waals surface area contributed by atoms with Crippen molar-refractivity contribution >= 4 is 11.4 Å².